The number of nitrogens with one attached hydrogen (secondary N) is 1. The van der Waals surface area contributed by atoms with Crippen molar-refractivity contribution in [1.82, 2.24) is 0 Å². The second-order valence-corrected chi connectivity index (χ2v) is 11.9. The van der Waals surface area contributed by atoms with E-state index in [9.17, 15) is 10.0 Å². The van der Waals surface area contributed by atoms with E-state index in [1.165, 1.54) is 11.1 Å². The van der Waals surface area contributed by atoms with Gasteiger partial charge in [0.1, 0.15) is 0 Å². The van der Waals surface area contributed by atoms with Crippen molar-refractivity contribution in [2.45, 2.75) is 75.5 Å². The lowest BCUT2D eigenvalue weighted by Crippen LogP contribution is -2.57. The van der Waals surface area contributed by atoms with Crippen LogP contribution in [0.15, 0.2) is 53.6 Å². The first-order valence-electron chi connectivity index (χ1n) is 12.7. The summed E-state index contributed by atoms with van der Waals surface area (Å²) in [5, 5.41) is 16.0. The van der Waals surface area contributed by atoms with Crippen LogP contribution in [0.4, 0.5) is 5.69 Å². The number of hydrogen-bond acceptors (Lipinski definition) is 3. The van der Waals surface area contributed by atoms with Gasteiger partial charge in [0, 0.05) is 24.4 Å². The van der Waals surface area contributed by atoms with Crippen molar-refractivity contribution in [2.24, 2.45) is 17.3 Å². The summed E-state index contributed by atoms with van der Waals surface area (Å²) in [6.07, 6.45) is 12.4. The normalized spacial score (nSPS) is 41.4. The van der Waals surface area contributed by atoms with E-state index in [-0.39, 0.29) is 39.1 Å². The fourth-order valence-corrected chi connectivity index (χ4v) is 8.09. The first-order valence-corrected chi connectivity index (χ1v) is 12.7. The molecule has 33 heavy (non-hydrogen) atoms. The molecule has 5 nitrogen and oxygen atoms in total. The quantitative estimate of drug-likeness (QED) is 0.501. The number of hydroxylamine groups is 3. The first kappa shape index (κ1) is 21.6. The van der Waals surface area contributed by atoms with Crippen LogP contribution in [-0.2, 0) is 9.53 Å². The number of anilines is 1. The SMILES string of the molecule is C[C@]12CC=C3C=C4CC[C@@H]([N+](C)(C)[O-])C[C@]45CC[C@]3(O5)[C@@H]1CC[C@@H]2C(=O)Nc1ccccc1. The maximum absolute atomic E-state index is 13.4. The van der Waals surface area contributed by atoms with E-state index in [4.69, 9.17) is 4.74 Å². The summed E-state index contributed by atoms with van der Waals surface area (Å²) >= 11 is 0. The molecule has 0 aromatic heterocycles. The van der Waals surface area contributed by atoms with Gasteiger partial charge in [-0.2, -0.15) is 0 Å². The van der Waals surface area contributed by atoms with Gasteiger partial charge < -0.3 is 19.9 Å². The fourth-order valence-electron chi connectivity index (χ4n) is 8.09. The smallest absolute Gasteiger partial charge is 0.228 e. The average Bonchev–Trinajstić information content (AvgIpc) is 3.29. The number of para-hydroxylation sites is 1. The molecule has 0 radical (unpaired) electrons. The predicted molar refractivity (Wildman–Crippen MR) is 129 cm³/mol. The molecule has 6 atom stereocenters. The number of quaternary nitrogens is 1. The highest BCUT2D eigenvalue weighted by Gasteiger charge is 2.67. The van der Waals surface area contributed by atoms with E-state index in [0.29, 0.717) is 5.92 Å². The molecule has 1 amide bonds. The fraction of sp³-hybridized carbons (Fsp3) is 0.607. The van der Waals surface area contributed by atoms with Crippen LogP contribution >= 0.6 is 0 Å². The Morgan fingerprint density at radius 1 is 1.15 bits per heavy atom. The molecule has 1 saturated heterocycles. The Bertz CT molecular complexity index is 1040. The summed E-state index contributed by atoms with van der Waals surface area (Å²) in [5.74, 6) is 0.461. The number of carbonyl (C=O) groups excluding carboxylic acids is 1. The lowest BCUT2D eigenvalue weighted by atomic mass is 9.58. The van der Waals surface area contributed by atoms with Crippen molar-refractivity contribution in [3.63, 3.8) is 0 Å². The average molecular weight is 449 g/mol. The van der Waals surface area contributed by atoms with Crippen molar-refractivity contribution in [2.75, 3.05) is 19.4 Å². The van der Waals surface area contributed by atoms with Crippen LogP contribution in [0.25, 0.3) is 0 Å². The summed E-state index contributed by atoms with van der Waals surface area (Å²) in [6, 6.07) is 9.89. The molecule has 2 bridgehead atoms. The van der Waals surface area contributed by atoms with Gasteiger partial charge in [-0.3, -0.25) is 4.79 Å². The molecule has 2 aliphatic heterocycles. The number of benzene rings is 1. The van der Waals surface area contributed by atoms with Gasteiger partial charge in [-0.15, -0.1) is 0 Å². The lowest BCUT2D eigenvalue weighted by Gasteiger charge is -2.55. The number of nitrogens with zero attached hydrogens (tertiary/aromatic N) is 1. The van der Waals surface area contributed by atoms with Gasteiger partial charge in [0.05, 0.1) is 31.3 Å². The number of rotatable bonds is 3. The van der Waals surface area contributed by atoms with Crippen LogP contribution in [0.5, 0.6) is 0 Å². The minimum absolute atomic E-state index is 0.0169. The molecule has 0 unspecified atom stereocenters. The minimum Gasteiger partial charge on any atom is -0.633 e. The van der Waals surface area contributed by atoms with Crippen molar-refractivity contribution in [3.05, 3.63) is 58.8 Å². The highest BCUT2D eigenvalue weighted by molar-refractivity contribution is 5.93. The molecular formula is C28H36N2O3. The van der Waals surface area contributed by atoms with E-state index in [0.717, 1.165) is 57.1 Å². The molecule has 2 spiro atoms. The largest absolute Gasteiger partial charge is 0.633 e. The molecule has 5 aliphatic rings. The predicted octanol–water partition coefficient (Wildman–Crippen LogP) is 5.34. The maximum Gasteiger partial charge on any atom is 0.228 e. The van der Waals surface area contributed by atoms with Crippen molar-refractivity contribution >= 4 is 11.6 Å². The Balaban J connectivity index is 1.31. The van der Waals surface area contributed by atoms with Gasteiger partial charge in [0.15, 0.2) is 0 Å². The Kier molecular flexibility index (Phi) is 4.60. The molecule has 5 heteroatoms. The van der Waals surface area contributed by atoms with Crippen LogP contribution in [-0.4, -0.2) is 41.9 Å². The molecule has 1 aromatic carbocycles. The zero-order chi connectivity index (χ0) is 23.1. The van der Waals surface area contributed by atoms with Gasteiger partial charge in [-0.1, -0.05) is 37.3 Å². The van der Waals surface area contributed by atoms with Gasteiger partial charge in [0.25, 0.3) is 0 Å². The molecule has 176 valence electrons. The van der Waals surface area contributed by atoms with E-state index < -0.39 is 0 Å². The molecule has 1 aromatic rings. The number of ether oxygens (including phenoxy) is 1. The van der Waals surface area contributed by atoms with Crippen molar-refractivity contribution < 1.29 is 14.2 Å². The lowest BCUT2D eigenvalue weighted by molar-refractivity contribution is -0.869. The van der Waals surface area contributed by atoms with Gasteiger partial charge in [0.2, 0.25) is 5.91 Å². The zero-order valence-corrected chi connectivity index (χ0v) is 20.1. The van der Waals surface area contributed by atoms with Crippen LogP contribution in [0.3, 0.4) is 0 Å². The molecule has 1 N–H and O–H groups in total. The Morgan fingerprint density at radius 3 is 2.70 bits per heavy atom. The van der Waals surface area contributed by atoms with Crippen LogP contribution in [0.2, 0.25) is 0 Å². The Morgan fingerprint density at radius 2 is 1.94 bits per heavy atom. The number of amides is 1. The summed E-state index contributed by atoms with van der Waals surface area (Å²) in [7, 11) is 3.55. The van der Waals surface area contributed by atoms with Crippen LogP contribution in [0, 0.1) is 22.5 Å². The zero-order valence-electron chi connectivity index (χ0n) is 20.1. The third-order valence-corrected chi connectivity index (χ3v) is 9.89. The van der Waals surface area contributed by atoms with E-state index in [1.807, 2.05) is 30.3 Å². The third kappa shape index (κ3) is 3.05. The Hall–Kier alpha value is -1.95. The second kappa shape index (κ2) is 7.03. The number of hydrogen-bond donors (Lipinski definition) is 1. The van der Waals surface area contributed by atoms with Gasteiger partial charge in [-0.05, 0) is 73.1 Å². The highest BCUT2D eigenvalue weighted by Crippen LogP contribution is 2.67. The number of allylic oxidation sites excluding steroid dienone is 1. The molecule has 3 fully saturated rings. The van der Waals surface area contributed by atoms with Crippen molar-refractivity contribution in [1.29, 1.82) is 0 Å². The third-order valence-electron chi connectivity index (χ3n) is 9.89. The maximum atomic E-state index is 13.4. The standard InChI is InChI=1S/C28H36N2O3/c1-26-14-13-20-17-19-9-10-22(30(2,3)32)18-27(19)15-16-28(20,33-27)24(26)12-11-23(26)25(31)29-21-7-5-4-6-8-21/h4-8,13,17,22-24H,9-12,14-16,18H2,1-3H3,(H,29,31)/t22-,23-,24-,26-,27-,28-/m1/s1. The van der Waals surface area contributed by atoms with Crippen LogP contribution in [0.1, 0.15) is 58.3 Å². The van der Waals surface area contributed by atoms with E-state index in [1.54, 1.807) is 14.1 Å². The topological polar surface area (TPSA) is 61.4 Å². The summed E-state index contributed by atoms with van der Waals surface area (Å²) in [6.45, 7) is 2.32. The van der Waals surface area contributed by atoms with Gasteiger partial charge in [-0.25, -0.2) is 0 Å². The minimum atomic E-state index is -0.291. The Labute approximate surface area is 197 Å². The van der Waals surface area contributed by atoms with Crippen LogP contribution < -0.4 is 5.32 Å². The van der Waals surface area contributed by atoms with E-state index >= 15 is 0 Å². The highest BCUT2D eigenvalue weighted by atomic mass is 16.5. The first-order chi connectivity index (χ1) is 15.7. The molecule has 3 aliphatic carbocycles. The monoisotopic (exact) mass is 448 g/mol. The van der Waals surface area contributed by atoms with Crippen molar-refractivity contribution in [3.8, 4) is 0 Å². The summed E-state index contributed by atoms with van der Waals surface area (Å²) in [4.78, 5) is 13.4. The van der Waals surface area contributed by atoms with Gasteiger partial charge >= 0.3 is 0 Å². The summed E-state index contributed by atoms with van der Waals surface area (Å²) in [5.41, 5.74) is 2.95. The molecule has 6 rings (SSSR count). The number of fused-ring (bicyclic) bond motifs is 1. The molecular weight excluding hydrogens is 412 g/mol. The summed E-state index contributed by atoms with van der Waals surface area (Å²) < 4.78 is 6.97. The number of carbonyl (C=O) groups is 1. The molecule has 2 heterocycles. The second-order valence-electron chi connectivity index (χ2n) is 11.9. The molecule has 2 saturated carbocycles. The van der Waals surface area contributed by atoms with E-state index in [2.05, 4.69) is 24.4 Å².